The molecular weight excluding hydrogens is 318 g/mol. The summed E-state index contributed by atoms with van der Waals surface area (Å²) in [6, 6.07) is 10.3. The maximum Gasteiger partial charge on any atom is 0.0489 e. The third kappa shape index (κ3) is 2.85. The van der Waals surface area contributed by atoms with Gasteiger partial charge in [-0.15, -0.1) is 0 Å². The van der Waals surface area contributed by atoms with Crippen molar-refractivity contribution in [1.82, 2.24) is 14.5 Å². The molecule has 2 aromatic heterocycles. The van der Waals surface area contributed by atoms with Crippen LogP contribution >= 0.6 is 11.6 Å². The summed E-state index contributed by atoms with van der Waals surface area (Å²) < 4.78 is 2.44. The predicted molar refractivity (Wildman–Crippen MR) is 100 cm³/mol. The molecule has 1 aliphatic rings. The molecule has 0 radical (unpaired) electrons. The summed E-state index contributed by atoms with van der Waals surface area (Å²) in [4.78, 5) is 6.44. The number of likely N-dealkylation sites (N-methyl/N-ethyl adjacent to an activating group) is 1. The van der Waals surface area contributed by atoms with Crippen LogP contribution in [-0.4, -0.2) is 28.0 Å². The molecule has 0 unspecified atom stereocenters. The number of aromatic nitrogens is 2. The lowest BCUT2D eigenvalue weighted by atomic mass is 10.1. The van der Waals surface area contributed by atoms with Crippen LogP contribution in [0.4, 0.5) is 0 Å². The van der Waals surface area contributed by atoms with E-state index in [1.165, 1.54) is 27.7 Å². The lowest BCUT2D eigenvalue weighted by Crippen LogP contribution is -2.27. The third-order valence-electron chi connectivity index (χ3n) is 4.71. The van der Waals surface area contributed by atoms with Crippen LogP contribution in [0.3, 0.4) is 0 Å². The second kappa shape index (κ2) is 6.42. The minimum absolute atomic E-state index is 0.808. The van der Waals surface area contributed by atoms with Crippen LogP contribution in [-0.2, 0) is 19.5 Å². The SMILES string of the molecule is CN1CCc2c(c3cc(Cl)ccc3n2C/C=C/c2ccncc2)C1. The van der Waals surface area contributed by atoms with Crippen molar-refractivity contribution in [3.63, 3.8) is 0 Å². The van der Waals surface area contributed by atoms with Gasteiger partial charge >= 0.3 is 0 Å². The van der Waals surface area contributed by atoms with Gasteiger partial charge in [-0.2, -0.15) is 0 Å². The van der Waals surface area contributed by atoms with Gasteiger partial charge in [0.1, 0.15) is 0 Å². The fourth-order valence-corrected chi connectivity index (χ4v) is 3.71. The smallest absolute Gasteiger partial charge is 0.0489 e. The molecule has 4 rings (SSSR count). The molecule has 4 heteroatoms. The van der Waals surface area contributed by atoms with Crippen LogP contribution < -0.4 is 0 Å². The molecule has 0 bridgehead atoms. The molecule has 122 valence electrons. The molecule has 0 aliphatic carbocycles. The van der Waals surface area contributed by atoms with E-state index in [0.717, 1.165) is 31.1 Å². The molecule has 0 spiro atoms. The molecule has 3 nitrogen and oxygen atoms in total. The summed E-state index contributed by atoms with van der Waals surface area (Å²) in [7, 11) is 2.18. The van der Waals surface area contributed by atoms with Crippen molar-refractivity contribution in [2.24, 2.45) is 0 Å². The monoisotopic (exact) mass is 337 g/mol. The standard InChI is InChI=1S/C20H20ClN3/c1-23-12-8-20-18(14-23)17-13-16(21)4-5-19(17)24(20)11-2-3-15-6-9-22-10-7-15/h2-7,9-10,13H,8,11-12,14H2,1H3/b3-2+. The Morgan fingerprint density at radius 1 is 1.21 bits per heavy atom. The average molecular weight is 338 g/mol. The third-order valence-corrected chi connectivity index (χ3v) is 4.95. The van der Waals surface area contributed by atoms with E-state index in [-0.39, 0.29) is 0 Å². The number of nitrogens with zero attached hydrogens (tertiary/aromatic N) is 3. The van der Waals surface area contributed by atoms with Crippen molar-refractivity contribution in [3.8, 4) is 0 Å². The van der Waals surface area contributed by atoms with Crippen molar-refractivity contribution in [2.45, 2.75) is 19.5 Å². The second-order valence-corrected chi connectivity index (χ2v) is 6.80. The van der Waals surface area contributed by atoms with Crippen LogP contribution in [0.15, 0.2) is 48.8 Å². The van der Waals surface area contributed by atoms with Gasteiger partial charge in [-0.1, -0.05) is 23.8 Å². The van der Waals surface area contributed by atoms with E-state index in [1.807, 2.05) is 30.6 Å². The Labute approximate surface area is 147 Å². The Hall–Kier alpha value is -2.10. The fraction of sp³-hybridized carbons (Fsp3) is 0.250. The van der Waals surface area contributed by atoms with E-state index in [4.69, 9.17) is 11.6 Å². The minimum Gasteiger partial charge on any atom is -0.340 e. The number of halogens is 1. The number of hydrogen-bond donors (Lipinski definition) is 0. The van der Waals surface area contributed by atoms with Gasteiger partial charge in [0.15, 0.2) is 0 Å². The Kier molecular flexibility index (Phi) is 4.13. The quantitative estimate of drug-likeness (QED) is 0.706. The highest BCUT2D eigenvalue weighted by atomic mass is 35.5. The highest BCUT2D eigenvalue weighted by Crippen LogP contribution is 2.32. The predicted octanol–water partition coefficient (Wildman–Crippen LogP) is 4.39. The van der Waals surface area contributed by atoms with E-state index >= 15 is 0 Å². The van der Waals surface area contributed by atoms with Crippen LogP contribution in [0.5, 0.6) is 0 Å². The van der Waals surface area contributed by atoms with Gasteiger partial charge in [-0.05, 0) is 48.5 Å². The fourth-order valence-electron chi connectivity index (χ4n) is 3.53. The molecule has 0 saturated heterocycles. The summed E-state index contributed by atoms with van der Waals surface area (Å²) in [5, 5.41) is 2.10. The van der Waals surface area contributed by atoms with Crippen molar-refractivity contribution < 1.29 is 0 Å². The number of fused-ring (bicyclic) bond motifs is 3. The number of benzene rings is 1. The maximum absolute atomic E-state index is 6.25. The van der Waals surface area contributed by atoms with Gasteiger partial charge in [0.25, 0.3) is 0 Å². The first-order chi connectivity index (χ1) is 11.7. The van der Waals surface area contributed by atoms with Gasteiger partial charge in [0.2, 0.25) is 0 Å². The van der Waals surface area contributed by atoms with Crippen LogP contribution in [0.1, 0.15) is 16.8 Å². The Morgan fingerprint density at radius 2 is 2.04 bits per heavy atom. The Balaban J connectivity index is 1.73. The second-order valence-electron chi connectivity index (χ2n) is 6.37. The summed E-state index contributed by atoms with van der Waals surface area (Å²) in [5.74, 6) is 0. The molecular formula is C20H20ClN3. The minimum atomic E-state index is 0.808. The molecule has 0 N–H and O–H groups in total. The van der Waals surface area contributed by atoms with E-state index in [0.29, 0.717) is 0 Å². The first-order valence-corrected chi connectivity index (χ1v) is 8.65. The lowest BCUT2D eigenvalue weighted by molar-refractivity contribution is 0.310. The van der Waals surface area contributed by atoms with Gasteiger partial charge < -0.3 is 9.47 Å². The van der Waals surface area contributed by atoms with E-state index in [9.17, 15) is 0 Å². The zero-order chi connectivity index (χ0) is 16.5. The van der Waals surface area contributed by atoms with Crippen LogP contribution in [0.2, 0.25) is 5.02 Å². The van der Waals surface area contributed by atoms with Crippen molar-refractivity contribution in [3.05, 3.63) is 70.6 Å². The van der Waals surface area contributed by atoms with Gasteiger partial charge in [-0.3, -0.25) is 4.98 Å². The normalized spacial score (nSPS) is 15.2. The van der Waals surface area contributed by atoms with Crippen molar-refractivity contribution >= 4 is 28.6 Å². The lowest BCUT2D eigenvalue weighted by Gasteiger charge is -2.24. The zero-order valence-electron chi connectivity index (χ0n) is 13.7. The zero-order valence-corrected chi connectivity index (χ0v) is 14.5. The highest BCUT2D eigenvalue weighted by molar-refractivity contribution is 6.31. The number of pyridine rings is 1. The molecule has 0 fully saturated rings. The number of rotatable bonds is 3. The summed E-state index contributed by atoms with van der Waals surface area (Å²) in [6.45, 7) is 2.97. The molecule has 0 saturated carbocycles. The Morgan fingerprint density at radius 3 is 2.88 bits per heavy atom. The molecule has 3 heterocycles. The van der Waals surface area contributed by atoms with Gasteiger partial charge in [0.05, 0.1) is 0 Å². The first kappa shape index (κ1) is 15.4. The molecule has 0 atom stereocenters. The Bertz CT molecular complexity index is 896. The molecule has 1 aliphatic heterocycles. The summed E-state index contributed by atoms with van der Waals surface area (Å²) in [6.07, 6.45) is 9.11. The van der Waals surface area contributed by atoms with Crippen molar-refractivity contribution in [1.29, 1.82) is 0 Å². The maximum atomic E-state index is 6.25. The molecule has 3 aromatic rings. The topological polar surface area (TPSA) is 21.1 Å². The number of allylic oxidation sites excluding steroid dienone is 1. The highest BCUT2D eigenvalue weighted by Gasteiger charge is 2.21. The van der Waals surface area contributed by atoms with Gasteiger partial charge in [-0.25, -0.2) is 0 Å². The average Bonchev–Trinajstić information content (AvgIpc) is 2.89. The van der Waals surface area contributed by atoms with E-state index in [1.54, 1.807) is 0 Å². The molecule has 1 aromatic carbocycles. The summed E-state index contributed by atoms with van der Waals surface area (Å²) in [5.41, 5.74) is 5.33. The summed E-state index contributed by atoms with van der Waals surface area (Å²) >= 11 is 6.25. The number of hydrogen-bond acceptors (Lipinski definition) is 2. The van der Waals surface area contributed by atoms with Crippen LogP contribution in [0, 0.1) is 0 Å². The van der Waals surface area contributed by atoms with E-state index in [2.05, 4.69) is 45.8 Å². The first-order valence-electron chi connectivity index (χ1n) is 8.27. The largest absolute Gasteiger partial charge is 0.340 e. The molecule has 24 heavy (non-hydrogen) atoms. The van der Waals surface area contributed by atoms with E-state index < -0.39 is 0 Å². The molecule has 0 amide bonds. The van der Waals surface area contributed by atoms with Gasteiger partial charge in [0, 0.05) is 60.1 Å². The van der Waals surface area contributed by atoms with Crippen LogP contribution in [0.25, 0.3) is 17.0 Å². The van der Waals surface area contributed by atoms with Crippen molar-refractivity contribution in [2.75, 3.05) is 13.6 Å².